The van der Waals surface area contributed by atoms with Crippen LogP contribution in [0.5, 0.6) is 0 Å². The minimum Gasteiger partial charge on any atom is -0.381 e. The van der Waals surface area contributed by atoms with E-state index in [4.69, 9.17) is 4.52 Å². The van der Waals surface area contributed by atoms with Crippen molar-refractivity contribution in [2.75, 3.05) is 18.4 Å². The van der Waals surface area contributed by atoms with Gasteiger partial charge < -0.3 is 9.84 Å². The second-order valence-corrected chi connectivity index (χ2v) is 5.57. The molecule has 0 bridgehead atoms. The van der Waals surface area contributed by atoms with E-state index in [1.807, 2.05) is 13.0 Å². The first kappa shape index (κ1) is 14.1. The fraction of sp³-hybridized carbons (Fsp3) is 0.500. The number of hydrogen-bond acceptors (Lipinski definition) is 5. The zero-order valence-corrected chi connectivity index (χ0v) is 12.6. The van der Waals surface area contributed by atoms with Gasteiger partial charge in [-0.2, -0.15) is 4.98 Å². The first-order valence-electron chi connectivity index (χ1n) is 7.64. The average molecular weight is 286 g/mol. The molecule has 1 aromatic heterocycles. The molecule has 1 saturated heterocycles. The first-order chi connectivity index (χ1) is 10.3. The Morgan fingerprint density at radius 2 is 2.19 bits per heavy atom. The summed E-state index contributed by atoms with van der Waals surface area (Å²) in [6, 6.07) is 11.0. The molecule has 2 aromatic rings. The van der Waals surface area contributed by atoms with Gasteiger partial charge in [-0.1, -0.05) is 30.3 Å². The molecule has 0 spiro atoms. The zero-order chi connectivity index (χ0) is 14.7. The van der Waals surface area contributed by atoms with Crippen LogP contribution in [-0.4, -0.2) is 34.2 Å². The number of aromatic nitrogens is 2. The lowest BCUT2D eigenvalue weighted by Gasteiger charge is -2.21. The standard InChI is InChI=1S/C16H22N4O/c1-3-15-18-16(21-19-15)12(2)20-10-9-14(11-20)17-13-7-5-4-6-8-13/h4-8,12,14,17H,3,9-11H2,1-2H3/t12-,14+/m1/s1. The normalized spacial score (nSPS) is 20.6. The third-order valence-corrected chi connectivity index (χ3v) is 4.07. The number of nitrogens with one attached hydrogen (secondary N) is 1. The van der Waals surface area contributed by atoms with Gasteiger partial charge in [-0.25, -0.2) is 0 Å². The minimum atomic E-state index is 0.181. The van der Waals surface area contributed by atoms with E-state index in [0.717, 1.165) is 37.6 Å². The summed E-state index contributed by atoms with van der Waals surface area (Å²) in [5, 5.41) is 7.57. The van der Waals surface area contributed by atoms with Gasteiger partial charge in [0.25, 0.3) is 0 Å². The molecule has 1 N–H and O–H groups in total. The van der Waals surface area contributed by atoms with Crippen molar-refractivity contribution in [3.05, 3.63) is 42.0 Å². The van der Waals surface area contributed by atoms with Crippen LogP contribution in [0.4, 0.5) is 5.69 Å². The number of likely N-dealkylation sites (tertiary alicyclic amines) is 1. The van der Waals surface area contributed by atoms with Crippen molar-refractivity contribution in [1.29, 1.82) is 0 Å². The molecule has 1 aromatic carbocycles. The summed E-state index contributed by atoms with van der Waals surface area (Å²) in [5.41, 5.74) is 1.18. The SMILES string of the molecule is CCc1noc([C@@H](C)N2CC[C@H](Nc3ccccc3)C2)n1. The van der Waals surface area contributed by atoms with E-state index in [2.05, 4.69) is 51.5 Å². The highest BCUT2D eigenvalue weighted by Crippen LogP contribution is 2.25. The third-order valence-electron chi connectivity index (χ3n) is 4.07. The van der Waals surface area contributed by atoms with Crippen LogP contribution in [0.1, 0.15) is 38.0 Å². The molecule has 2 atom stereocenters. The lowest BCUT2D eigenvalue weighted by molar-refractivity contribution is 0.208. The molecule has 1 fully saturated rings. The Hall–Kier alpha value is -1.88. The van der Waals surface area contributed by atoms with Crippen molar-refractivity contribution in [2.45, 2.75) is 38.8 Å². The molecule has 1 aliphatic rings. The van der Waals surface area contributed by atoms with Gasteiger partial charge in [0.1, 0.15) is 0 Å². The van der Waals surface area contributed by atoms with E-state index in [1.54, 1.807) is 0 Å². The van der Waals surface area contributed by atoms with Crippen LogP contribution in [0.3, 0.4) is 0 Å². The molecule has 1 aliphatic heterocycles. The maximum absolute atomic E-state index is 5.36. The van der Waals surface area contributed by atoms with Crippen LogP contribution in [0.2, 0.25) is 0 Å². The smallest absolute Gasteiger partial charge is 0.243 e. The number of anilines is 1. The van der Waals surface area contributed by atoms with E-state index in [-0.39, 0.29) is 6.04 Å². The highest BCUT2D eigenvalue weighted by Gasteiger charge is 2.29. The summed E-state index contributed by atoms with van der Waals surface area (Å²) in [7, 11) is 0. The molecule has 0 amide bonds. The van der Waals surface area contributed by atoms with Crippen molar-refractivity contribution in [3.63, 3.8) is 0 Å². The molecule has 3 rings (SSSR count). The maximum Gasteiger partial charge on any atom is 0.243 e. The van der Waals surface area contributed by atoms with Gasteiger partial charge in [0, 0.05) is 31.2 Å². The molecule has 0 radical (unpaired) electrons. The molecule has 0 unspecified atom stereocenters. The largest absolute Gasteiger partial charge is 0.381 e. The Balaban J connectivity index is 1.58. The van der Waals surface area contributed by atoms with Crippen molar-refractivity contribution in [2.24, 2.45) is 0 Å². The van der Waals surface area contributed by atoms with E-state index in [0.29, 0.717) is 6.04 Å². The van der Waals surface area contributed by atoms with Gasteiger partial charge in [-0.05, 0) is 25.5 Å². The van der Waals surface area contributed by atoms with Crippen molar-refractivity contribution >= 4 is 5.69 Å². The molecular weight excluding hydrogens is 264 g/mol. The summed E-state index contributed by atoms with van der Waals surface area (Å²) in [4.78, 5) is 6.84. The van der Waals surface area contributed by atoms with E-state index < -0.39 is 0 Å². The lowest BCUT2D eigenvalue weighted by atomic mass is 10.2. The quantitative estimate of drug-likeness (QED) is 0.916. The van der Waals surface area contributed by atoms with Gasteiger partial charge in [-0.15, -0.1) is 0 Å². The van der Waals surface area contributed by atoms with Crippen molar-refractivity contribution in [1.82, 2.24) is 15.0 Å². The predicted octanol–water partition coefficient (Wildman–Crippen LogP) is 2.88. The van der Waals surface area contributed by atoms with Gasteiger partial charge in [0.05, 0.1) is 6.04 Å². The molecule has 2 heterocycles. The Morgan fingerprint density at radius 3 is 2.90 bits per heavy atom. The second-order valence-electron chi connectivity index (χ2n) is 5.57. The summed E-state index contributed by atoms with van der Waals surface area (Å²) in [6.45, 7) is 6.22. The van der Waals surface area contributed by atoms with Gasteiger partial charge in [-0.3, -0.25) is 4.90 Å². The van der Waals surface area contributed by atoms with Crippen LogP contribution >= 0.6 is 0 Å². The molecular formula is C16H22N4O. The van der Waals surface area contributed by atoms with Gasteiger partial charge in [0.2, 0.25) is 5.89 Å². The van der Waals surface area contributed by atoms with E-state index >= 15 is 0 Å². The Kier molecular flexibility index (Phi) is 4.20. The molecule has 5 nitrogen and oxygen atoms in total. The zero-order valence-electron chi connectivity index (χ0n) is 12.6. The van der Waals surface area contributed by atoms with Crippen LogP contribution in [-0.2, 0) is 6.42 Å². The van der Waals surface area contributed by atoms with Crippen molar-refractivity contribution in [3.8, 4) is 0 Å². The van der Waals surface area contributed by atoms with Gasteiger partial charge >= 0.3 is 0 Å². The van der Waals surface area contributed by atoms with Crippen LogP contribution in [0.15, 0.2) is 34.9 Å². The summed E-state index contributed by atoms with van der Waals surface area (Å²) in [5.74, 6) is 1.52. The third kappa shape index (κ3) is 3.24. The topological polar surface area (TPSA) is 54.2 Å². The molecule has 0 saturated carbocycles. The lowest BCUT2D eigenvalue weighted by Crippen LogP contribution is -2.28. The van der Waals surface area contributed by atoms with E-state index in [1.165, 1.54) is 5.69 Å². The van der Waals surface area contributed by atoms with Gasteiger partial charge in [0.15, 0.2) is 5.82 Å². The maximum atomic E-state index is 5.36. The fourth-order valence-electron chi connectivity index (χ4n) is 2.76. The Labute approximate surface area is 125 Å². The highest BCUT2D eigenvalue weighted by molar-refractivity contribution is 5.43. The Bertz CT molecular complexity index is 569. The van der Waals surface area contributed by atoms with Crippen molar-refractivity contribution < 1.29 is 4.52 Å². The van der Waals surface area contributed by atoms with Crippen LogP contribution in [0.25, 0.3) is 0 Å². The first-order valence-corrected chi connectivity index (χ1v) is 7.64. The number of hydrogen-bond donors (Lipinski definition) is 1. The second kappa shape index (κ2) is 6.26. The predicted molar refractivity (Wildman–Crippen MR) is 82.1 cm³/mol. The average Bonchev–Trinajstić information content (AvgIpc) is 3.16. The molecule has 112 valence electrons. The summed E-state index contributed by atoms with van der Waals surface area (Å²) < 4.78 is 5.36. The summed E-state index contributed by atoms with van der Waals surface area (Å²) >= 11 is 0. The number of nitrogens with zero attached hydrogens (tertiary/aromatic N) is 3. The van der Waals surface area contributed by atoms with E-state index in [9.17, 15) is 0 Å². The molecule has 5 heteroatoms. The minimum absolute atomic E-state index is 0.181. The number of aryl methyl sites for hydroxylation is 1. The summed E-state index contributed by atoms with van der Waals surface area (Å²) in [6.07, 6.45) is 1.95. The molecule has 21 heavy (non-hydrogen) atoms. The fourth-order valence-corrected chi connectivity index (χ4v) is 2.76. The number of para-hydroxylation sites is 1. The van der Waals surface area contributed by atoms with Crippen LogP contribution in [0, 0.1) is 0 Å². The van der Waals surface area contributed by atoms with Crippen LogP contribution < -0.4 is 5.32 Å². The molecule has 0 aliphatic carbocycles. The number of benzene rings is 1. The Morgan fingerprint density at radius 1 is 1.38 bits per heavy atom. The monoisotopic (exact) mass is 286 g/mol. The number of rotatable bonds is 5. The highest BCUT2D eigenvalue weighted by atomic mass is 16.5.